The molecule has 0 fully saturated rings. The number of aliphatic hydroxyl groups is 1. The second kappa shape index (κ2) is 10.6. The first-order valence-electron chi connectivity index (χ1n) is 7.58. The summed E-state index contributed by atoms with van der Waals surface area (Å²) in [4.78, 5) is 0. The summed E-state index contributed by atoms with van der Waals surface area (Å²) in [6.45, 7) is 9.49. The Balaban J connectivity index is 4.94. The molecule has 0 spiro atoms. The zero-order valence-electron chi connectivity index (χ0n) is 13.5. The first-order chi connectivity index (χ1) is 9.35. The van der Waals surface area contributed by atoms with Gasteiger partial charge in [-0.25, -0.2) is 0 Å². The fourth-order valence-electron chi connectivity index (χ4n) is 1.88. The smallest absolute Gasteiger partial charge is 0.334 e. The lowest BCUT2D eigenvalue weighted by Gasteiger charge is -2.29. The Kier molecular flexibility index (Phi) is 10.5. The highest BCUT2D eigenvalue weighted by Crippen LogP contribution is 2.57. The summed E-state index contributed by atoms with van der Waals surface area (Å²) in [6, 6.07) is 0. The number of hydrogen-bond acceptors (Lipinski definition) is 4. The van der Waals surface area contributed by atoms with Crippen LogP contribution in [0.4, 0.5) is 0 Å². The van der Waals surface area contributed by atoms with E-state index in [1.807, 2.05) is 33.8 Å². The van der Waals surface area contributed by atoms with Crippen LogP contribution in [0.5, 0.6) is 0 Å². The van der Waals surface area contributed by atoms with Crippen LogP contribution >= 0.6 is 7.60 Å². The van der Waals surface area contributed by atoms with Crippen LogP contribution in [0.25, 0.3) is 0 Å². The third-order valence-electron chi connectivity index (χ3n) is 2.66. The molecule has 0 bridgehead atoms. The van der Waals surface area contributed by atoms with Crippen molar-refractivity contribution in [2.45, 2.75) is 78.2 Å². The largest absolute Gasteiger partial charge is 0.396 e. The van der Waals surface area contributed by atoms with E-state index in [1.165, 1.54) is 0 Å². The van der Waals surface area contributed by atoms with E-state index < -0.39 is 7.60 Å². The van der Waals surface area contributed by atoms with Gasteiger partial charge < -0.3 is 14.2 Å². The van der Waals surface area contributed by atoms with Crippen LogP contribution in [-0.4, -0.2) is 29.6 Å². The molecule has 120 valence electrons. The average Bonchev–Trinajstić information content (AvgIpc) is 2.30. The van der Waals surface area contributed by atoms with Crippen LogP contribution in [0.15, 0.2) is 12.2 Å². The number of unbranched alkanes of at least 4 members (excludes halogenated alkanes) is 1. The number of rotatable bonds is 11. The van der Waals surface area contributed by atoms with Crippen LogP contribution in [0, 0.1) is 0 Å². The van der Waals surface area contributed by atoms with E-state index in [1.54, 1.807) is 0 Å². The molecule has 4 nitrogen and oxygen atoms in total. The zero-order chi connectivity index (χ0) is 15.6. The molecule has 0 unspecified atom stereocenters. The standard InChI is InChI=1S/C15H31O4P/c1-6-7-8-9-10-15(11-12-16)20(17,18-13(2)3)19-14(4)5/h8-9,13-16H,6-7,10-12H2,1-5H3/b9-8-/t15-/m1/s1. The molecule has 0 aliphatic heterocycles. The molecule has 0 amide bonds. The quantitative estimate of drug-likeness (QED) is 0.450. The number of aliphatic hydroxyl groups excluding tert-OH is 1. The molecule has 20 heavy (non-hydrogen) atoms. The van der Waals surface area contributed by atoms with Gasteiger partial charge in [0.15, 0.2) is 0 Å². The second-order valence-electron chi connectivity index (χ2n) is 5.51. The van der Waals surface area contributed by atoms with E-state index in [9.17, 15) is 9.67 Å². The van der Waals surface area contributed by atoms with Crippen molar-refractivity contribution in [3.05, 3.63) is 12.2 Å². The molecule has 0 aliphatic carbocycles. The highest BCUT2D eigenvalue weighted by Gasteiger charge is 2.36. The van der Waals surface area contributed by atoms with E-state index in [-0.39, 0.29) is 24.5 Å². The van der Waals surface area contributed by atoms with Gasteiger partial charge in [-0.2, -0.15) is 0 Å². The van der Waals surface area contributed by atoms with Crippen molar-refractivity contribution >= 4 is 7.60 Å². The maximum absolute atomic E-state index is 13.0. The van der Waals surface area contributed by atoms with Gasteiger partial charge in [0.2, 0.25) is 0 Å². The summed E-state index contributed by atoms with van der Waals surface area (Å²) in [5, 5.41) is 9.21. The van der Waals surface area contributed by atoms with Crippen LogP contribution in [-0.2, 0) is 13.6 Å². The highest BCUT2D eigenvalue weighted by atomic mass is 31.2. The van der Waals surface area contributed by atoms with Gasteiger partial charge in [0.05, 0.1) is 17.9 Å². The maximum atomic E-state index is 13.0. The summed E-state index contributed by atoms with van der Waals surface area (Å²) in [5.74, 6) is 0. The molecule has 0 aromatic heterocycles. The molecular formula is C15H31O4P. The lowest BCUT2D eigenvalue weighted by atomic mass is 10.2. The Morgan fingerprint density at radius 3 is 2.05 bits per heavy atom. The highest BCUT2D eigenvalue weighted by molar-refractivity contribution is 7.54. The maximum Gasteiger partial charge on any atom is 0.334 e. The lowest BCUT2D eigenvalue weighted by Crippen LogP contribution is -2.19. The molecule has 0 rings (SSSR count). The summed E-state index contributed by atoms with van der Waals surface area (Å²) in [6.07, 6.45) is 6.89. The summed E-state index contributed by atoms with van der Waals surface area (Å²) in [5.41, 5.74) is -0.287. The van der Waals surface area contributed by atoms with E-state index >= 15 is 0 Å². The van der Waals surface area contributed by atoms with Gasteiger partial charge in [-0.3, -0.25) is 4.57 Å². The van der Waals surface area contributed by atoms with E-state index in [2.05, 4.69) is 13.0 Å². The Bertz CT molecular complexity index is 299. The molecule has 0 aliphatic rings. The normalized spacial score (nSPS) is 14.6. The number of allylic oxidation sites excluding steroid dienone is 2. The minimum absolute atomic E-state index is 0.0147. The van der Waals surface area contributed by atoms with Crippen molar-refractivity contribution in [1.82, 2.24) is 0 Å². The van der Waals surface area contributed by atoms with Gasteiger partial charge in [0.25, 0.3) is 0 Å². The van der Waals surface area contributed by atoms with Crippen molar-refractivity contribution < 1.29 is 18.7 Å². The third-order valence-corrected chi connectivity index (χ3v) is 5.45. The minimum atomic E-state index is -3.22. The minimum Gasteiger partial charge on any atom is -0.396 e. The summed E-state index contributed by atoms with van der Waals surface area (Å²) in [7, 11) is -3.22. The van der Waals surface area contributed by atoms with Crippen molar-refractivity contribution in [3.8, 4) is 0 Å². The van der Waals surface area contributed by atoms with Crippen LogP contribution < -0.4 is 0 Å². The van der Waals surface area contributed by atoms with E-state index in [4.69, 9.17) is 9.05 Å². The van der Waals surface area contributed by atoms with Crippen molar-refractivity contribution in [3.63, 3.8) is 0 Å². The second-order valence-corrected chi connectivity index (χ2v) is 7.74. The lowest BCUT2D eigenvalue weighted by molar-refractivity contribution is 0.133. The topological polar surface area (TPSA) is 55.8 Å². The monoisotopic (exact) mass is 306 g/mol. The molecule has 0 radical (unpaired) electrons. The van der Waals surface area contributed by atoms with Crippen LogP contribution in [0.1, 0.15) is 60.3 Å². The molecule has 0 saturated heterocycles. The first-order valence-corrected chi connectivity index (χ1v) is 9.19. The van der Waals surface area contributed by atoms with Gasteiger partial charge in [0, 0.05) is 6.61 Å². The summed E-state index contributed by atoms with van der Waals surface area (Å²) < 4.78 is 24.2. The van der Waals surface area contributed by atoms with Crippen molar-refractivity contribution in [2.24, 2.45) is 0 Å². The molecule has 1 N–H and O–H groups in total. The predicted octanol–water partition coefficient (Wildman–Crippen LogP) is 4.53. The molecule has 1 atom stereocenters. The molecule has 0 heterocycles. The fourth-order valence-corrected chi connectivity index (χ4v) is 4.26. The Hall–Kier alpha value is -0.150. The Morgan fingerprint density at radius 1 is 1.10 bits per heavy atom. The third kappa shape index (κ3) is 8.21. The molecule has 0 aromatic carbocycles. The number of hydrogen-bond donors (Lipinski definition) is 1. The predicted molar refractivity (Wildman–Crippen MR) is 84.2 cm³/mol. The van der Waals surface area contributed by atoms with Gasteiger partial charge in [-0.15, -0.1) is 0 Å². The Labute approximate surface area is 124 Å². The zero-order valence-corrected chi connectivity index (χ0v) is 14.4. The average molecular weight is 306 g/mol. The van der Waals surface area contributed by atoms with Gasteiger partial charge in [-0.1, -0.05) is 25.5 Å². The molecule has 0 aromatic rings. The SMILES string of the molecule is CCC/C=C\C[C@H](CCO)P(=O)(OC(C)C)OC(C)C. The van der Waals surface area contributed by atoms with Crippen LogP contribution in [0.3, 0.4) is 0 Å². The molecule has 0 saturated carbocycles. The van der Waals surface area contributed by atoms with Crippen LogP contribution in [0.2, 0.25) is 0 Å². The first kappa shape index (κ1) is 19.9. The van der Waals surface area contributed by atoms with Gasteiger partial charge in [0.1, 0.15) is 0 Å². The van der Waals surface area contributed by atoms with Gasteiger partial charge >= 0.3 is 7.60 Å². The molecule has 5 heteroatoms. The van der Waals surface area contributed by atoms with E-state index in [0.717, 1.165) is 12.8 Å². The van der Waals surface area contributed by atoms with E-state index in [0.29, 0.717) is 12.8 Å². The fraction of sp³-hybridized carbons (Fsp3) is 0.867. The van der Waals surface area contributed by atoms with Crippen molar-refractivity contribution in [1.29, 1.82) is 0 Å². The Morgan fingerprint density at radius 2 is 1.65 bits per heavy atom. The molecular weight excluding hydrogens is 275 g/mol. The summed E-state index contributed by atoms with van der Waals surface area (Å²) >= 11 is 0. The van der Waals surface area contributed by atoms with Gasteiger partial charge in [-0.05, 0) is 47.0 Å². The van der Waals surface area contributed by atoms with Crippen molar-refractivity contribution in [2.75, 3.05) is 6.61 Å².